The van der Waals surface area contributed by atoms with Gasteiger partial charge in [0, 0.05) is 11.9 Å². The number of hydrogen-bond donors (Lipinski definition) is 1. The van der Waals surface area contributed by atoms with Crippen LogP contribution in [-0.4, -0.2) is 23.4 Å². The third-order valence-corrected chi connectivity index (χ3v) is 2.87. The van der Waals surface area contributed by atoms with Crippen LogP contribution < -0.4 is 5.32 Å². The quantitative estimate of drug-likeness (QED) is 0.778. The maximum Gasteiger partial charge on any atom is 0.0703 e. The van der Waals surface area contributed by atoms with Crippen molar-refractivity contribution in [1.82, 2.24) is 15.1 Å². The van der Waals surface area contributed by atoms with Crippen molar-refractivity contribution >= 4 is 10.9 Å². The number of nitrogens with one attached hydrogen (secondary N) is 1. The van der Waals surface area contributed by atoms with Crippen LogP contribution >= 0.6 is 0 Å². The van der Waals surface area contributed by atoms with Crippen LogP contribution in [0.4, 0.5) is 0 Å². The van der Waals surface area contributed by atoms with E-state index in [4.69, 9.17) is 0 Å². The first kappa shape index (κ1) is 11.1. The molecule has 0 saturated heterocycles. The first-order chi connectivity index (χ1) is 7.86. The number of aromatic nitrogens is 2. The first-order valence-corrected chi connectivity index (χ1v) is 5.96. The number of nitrogens with zero attached hydrogens (tertiary/aromatic N) is 2. The SMILES string of the molecule is CCn1nc(CCCNC)c2ccccc21. The minimum Gasteiger partial charge on any atom is -0.320 e. The second-order valence-corrected chi connectivity index (χ2v) is 3.99. The molecule has 2 rings (SSSR count). The minimum atomic E-state index is 0.937. The predicted octanol–water partition coefficient (Wildman–Crippen LogP) is 2.21. The van der Waals surface area contributed by atoms with Gasteiger partial charge in [-0.3, -0.25) is 4.68 Å². The van der Waals surface area contributed by atoms with Crippen LogP contribution in [0.15, 0.2) is 24.3 Å². The van der Waals surface area contributed by atoms with Gasteiger partial charge in [0.25, 0.3) is 0 Å². The fraction of sp³-hybridized carbons (Fsp3) is 0.462. The Morgan fingerprint density at radius 2 is 2.12 bits per heavy atom. The van der Waals surface area contributed by atoms with Gasteiger partial charge in [-0.1, -0.05) is 18.2 Å². The molecule has 0 spiro atoms. The molecule has 1 heterocycles. The van der Waals surface area contributed by atoms with E-state index in [1.54, 1.807) is 0 Å². The lowest BCUT2D eigenvalue weighted by Gasteiger charge is -1.97. The van der Waals surface area contributed by atoms with E-state index in [9.17, 15) is 0 Å². The topological polar surface area (TPSA) is 29.9 Å². The lowest BCUT2D eigenvalue weighted by molar-refractivity contribution is 0.651. The Labute approximate surface area is 96.5 Å². The van der Waals surface area contributed by atoms with E-state index in [1.165, 1.54) is 16.6 Å². The number of para-hydroxylation sites is 1. The van der Waals surface area contributed by atoms with Crippen molar-refractivity contribution in [2.24, 2.45) is 0 Å². The van der Waals surface area contributed by atoms with E-state index in [0.29, 0.717) is 0 Å². The molecule has 3 nitrogen and oxygen atoms in total. The summed E-state index contributed by atoms with van der Waals surface area (Å²) >= 11 is 0. The molecule has 0 atom stereocenters. The van der Waals surface area contributed by atoms with E-state index < -0.39 is 0 Å². The van der Waals surface area contributed by atoms with Crippen LogP contribution in [0, 0.1) is 0 Å². The van der Waals surface area contributed by atoms with Gasteiger partial charge >= 0.3 is 0 Å². The molecule has 16 heavy (non-hydrogen) atoms. The summed E-state index contributed by atoms with van der Waals surface area (Å²) in [5.41, 5.74) is 2.48. The van der Waals surface area contributed by atoms with Gasteiger partial charge in [0.15, 0.2) is 0 Å². The lowest BCUT2D eigenvalue weighted by Crippen LogP contribution is -2.08. The molecule has 86 valence electrons. The highest BCUT2D eigenvalue weighted by molar-refractivity contribution is 5.81. The molecule has 1 aromatic carbocycles. The zero-order chi connectivity index (χ0) is 11.4. The number of benzene rings is 1. The van der Waals surface area contributed by atoms with Crippen molar-refractivity contribution in [1.29, 1.82) is 0 Å². The normalized spacial score (nSPS) is 11.1. The maximum absolute atomic E-state index is 4.67. The van der Waals surface area contributed by atoms with Crippen molar-refractivity contribution in [2.75, 3.05) is 13.6 Å². The molecule has 0 unspecified atom stereocenters. The highest BCUT2D eigenvalue weighted by Gasteiger charge is 2.07. The van der Waals surface area contributed by atoms with E-state index in [0.717, 1.165) is 25.9 Å². The fourth-order valence-electron chi connectivity index (χ4n) is 2.05. The number of aryl methyl sites for hydroxylation is 2. The molecule has 0 aliphatic carbocycles. The number of fused-ring (bicyclic) bond motifs is 1. The average Bonchev–Trinajstić information content (AvgIpc) is 2.68. The van der Waals surface area contributed by atoms with Gasteiger partial charge in [0.05, 0.1) is 11.2 Å². The summed E-state index contributed by atoms with van der Waals surface area (Å²) in [6, 6.07) is 8.48. The number of hydrogen-bond acceptors (Lipinski definition) is 2. The summed E-state index contributed by atoms with van der Waals surface area (Å²) < 4.78 is 2.09. The van der Waals surface area contributed by atoms with Gasteiger partial charge in [0.1, 0.15) is 0 Å². The summed E-state index contributed by atoms with van der Waals surface area (Å²) in [5.74, 6) is 0. The molecule has 0 amide bonds. The van der Waals surface area contributed by atoms with E-state index in [2.05, 4.69) is 46.3 Å². The Balaban J connectivity index is 2.30. The van der Waals surface area contributed by atoms with Crippen molar-refractivity contribution < 1.29 is 0 Å². The van der Waals surface area contributed by atoms with Crippen LogP contribution in [0.5, 0.6) is 0 Å². The highest BCUT2D eigenvalue weighted by Crippen LogP contribution is 2.19. The largest absolute Gasteiger partial charge is 0.320 e. The molecule has 2 aromatic rings. The zero-order valence-corrected chi connectivity index (χ0v) is 10.0. The summed E-state index contributed by atoms with van der Waals surface area (Å²) in [6.45, 7) is 4.12. The first-order valence-electron chi connectivity index (χ1n) is 5.96. The average molecular weight is 217 g/mol. The van der Waals surface area contributed by atoms with Gasteiger partial charge in [-0.2, -0.15) is 5.10 Å². The monoisotopic (exact) mass is 217 g/mol. The van der Waals surface area contributed by atoms with Gasteiger partial charge in [-0.05, 0) is 39.4 Å². The third-order valence-electron chi connectivity index (χ3n) is 2.87. The Hall–Kier alpha value is -1.35. The van der Waals surface area contributed by atoms with Gasteiger partial charge < -0.3 is 5.32 Å². The van der Waals surface area contributed by atoms with E-state index in [-0.39, 0.29) is 0 Å². The Morgan fingerprint density at radius 3 is 2.88 bits per heavy atom. The molecule has 0 aliphatic heterocycles. The summed E-state index contributed by atoms with van der Waals surface area (Å²) in [6.07, 6.45) is 2.19. The van der Waals surface area contributed by atoms with Crippen LogP contribution in [0.2, 0.25) is 0 Å². The molecule has 1 N–H and O–H groups in total. The van der Waals surface area contributed by atoms with Crippen LogP contribution in [0.3, 0.4) is 0 Å². The Morgan fingerprint density at radius 1 is 1.31 bits per heavy atom. The number of rotatable bonds is 5. The molecule has 3 heteroatoms. The van der Waals surface area contributed by atoms with Crippen LogP contribution in [0.1, 0.15) is 19.0 Å². The van der Waals surface area contributed by atoms with E-state index >= 15 is 0 Å². The second-order valence-electron chi connectivity index (χ2n) is 3.99. The van der Waals surface area contributed by atoms with Gasteiger partial charge in [-0.25, -0.2) is 0 Å². The molecular weight excluding hydrogens is 198 g/mol. The lowest BCUT2D eigenvalue weighted by atomic mass is 10.1. The standard InChI is InChI=1S/C13H19N3/c1-3-16-13-9-5-4-7-11(13)12(15-16)8-6-10-14-2/h4-5,7,9,14H,3,6,8,10H2,1-2H3. The predicted molar refractivity (Wildman–Crippen MR) is 67.7 cm³/mol. The Kier molecular flexibility index (Phi) is 3.57. The van der Waals surface area contributed by atoms with Crippen molar-refractivity contribution in [3.63, 3.8) is 0 Å². The molecular formula is C13H19N3. The zero-order valence-electron chi connectivity index (χ0n) is 10.0. The van der Waals surface area contributed by atoms with E-state index in [1.807, 2.05) is 7.05 Å². The van der Waals surface area contributed by atoms with Gasteiger partial charge in [-0.15, -0.1) is 0 Å². The Bertz CT molecular complexity index is 459. The smallest absolute Gasteiger partial charge is 0.0703 e. The van der Waals surface area contributed by atoms with Crippen LogP contribution in [-0.2, 0) is 13.0 Å². The maximum atomic E-state index is 4.67. The summed E-state index contributed by atoms with van der Waals surface area (Å²) in [4.78, 5) is 0. The molecule has 0 radical (unpaired) electrons. The third kappa shape index (κ3) is 2.09. The van der Waals surface area contributed by atoms with Crippen molar-refractivity contribution in [3.05, 3.63) is 30.0 Å². The summed E-state index contributed by atoms with van der Waals surface area (Å²) in [5, 5.41) is 9.15. The molecule has 0 bridgehead atoms. The molecule has 0 fully saturated rings. The molecule has 0 aliphatic rings. The van der Waals surface area contributed by atoms with Crippen molar-refractivity contribution in [3.8, 4) is 0 Å². The van der Waals surface area contributed by atoms with Crippen molar-refractivity contribution in [2.45, 2.75) is 26.3 Å². The van der Waals surface area contributed by atoms with Crippen LogP contribution in [0.25, 0.3) is 10.9 Å². The van der Waals surface area contributed by atoms with Gasteiger partial charge in [0.2, 0.25) is 0 Å². The molecule has 1 aromatic heterocycles. The molecule has 0 saturated carbocycles. The second kappa shape index (κ2) is 5.12. The highest BCUT2D eigenvalue weighted by atomic mass is 15.3. The fourth-order valence-corrected chi connectivity index (χ4v) is 2.05. The summed E-state index contributed by atoms with van der Waals surface area (Å²) in [7, 11) is 1.99. The minimum absolute atomic E-state index is 0.937.